The molecule has 0 bridgehead atoms. The van der Waals surface area contributed by atoms with Gasteiger partial charge in [0, 0.05) is 0 Å². The zero-order chi connectivity index (χ0) is 21.0. The Balaban J connectivity index is 1.92. The Kier molecular flexibility index (Phi) is 5.92. The number of halogens is 1. The smallest absolute Gasteiger partial charge is 0.276 e. The van der Waals surface area contributed by atoms with Crippen molar-refractivity contribution in [3.8, 4) is 17.3 Å². The minimum atomic E-state index is -0.642. The average Bonchev–Trinajstić information content (AvgIpc) is 2.73. The van der Waals surface area contributed by atoms with Gasteiger partial charge in [-0.1, -0.05) is 12.1 Å². The largest absolute Gasteiger partial charge is 0.497 e. The van der Waals surface area contributed by atoms with E-state index in [0.717, 1.165) is 0 Å². The van der Waals surface area contributed by atoms with E-state index < -0.39 is 17.4 Å². The molecule has 0 saturated carbocycles. The molecule has 0 aliphatic heterocycles. The predicted octanol–water partition coefficient (Wildman–Crippen LogP) is 2.88. The molecule has 1 N–H and O–H groups in total. The summed E-state index contributed by atoms with van der Waals surface area (Å²) in [6, 6.07) is 13.4. The molecule has 1 heterocycles. The summed E-state index contributed by atoms with van der Waals surface area (Å²) in [4.78, 5) is 25.1. The molecule has 1 atom stereocenters. The van der Waals surface area contributed by atoms with Gasteiger partial charge in [-0.15, -0.1) is 0 Å². The number of aromatic nitrogens is 2. The summed E-state index contributed by atoms with van der Waals surface area (Å²) in [5.74, 6) is -0.175. The normalized spacial score (nSPS) is 11.6. The van der Waals surface area contributed by atoms with Gasteiger partial charge in [-0.2, -0.15) is 5.10 Å². The zero-order valence-electron chi connectivity index (χ0n) is 16.2. The third kappa shape index (κ3) is 4.43. The molecule has 2 aromatic carbocycles. The Morgan fingerprint density at radius 3 is 2.31 bits per heavy atom. The van der Waals surface area contributed by atoms with Crippen molar-refractivity contribution in [1.82, 2.24) is 15.1 Å². The van der Waals surface area contributed by atoms with E-state index in [2.05, 4.69) is 10.4 Å². The molecule has 0 unspecified atom stereocenters. The molecule has 0 saturated heterocycles. The summed E-state index contributed by atoms with van der Waals surface area (Å²) in [6.45, 7) is 1.73. The first-order chi connectivity index (χ1) is 13.9. The van der Waals surface area contributed by atoms with E-state index in [4.69, 9.17) is 9.47 Å². The number of carbonyl (C=O) groups is 1. The number of amides is 1. The van der Waals surface area contributed by atoms with Gasteiger partial charge in [0.1, 0.15) is 11.6 Å². The van der Waals surface area contributed by atoms with Crippen LogP contribution in [0, 0.1) is 5.82 Å². The van der Waals surface area contributed by atoms with Crippen LogP contribution in [-0.2, 0) is 0 Å². The third-order valence-corrected chi connectivity index (χ3v) is 4.36. The van der Waals surface area contributed by atoms with Crippen LogP contribution in [0.15, 0.2) is 59.4 Å². The summed E-state index contributed by atoms with van der Waals surface area (Å²) in [5.41, 5.74) is 0.429. The van der Waals surface area contributed by atoms with Crippen molar-refractivity contribution >= 4 is 5.91 Å². The van der Waals surface area contributed by atoms with Crippen LogP contribution in [-0.4, -0.2) is 29.9 Å². The minimum Gasteiger partial charge on any atom is -0.497 e. The number of hydrogen-bond acceptors (Lipinski definition) is 5. The predicted molar refractivity (Wildman–Crippen MR) is 105 cm³/mol. The Morgan fingerprint density at radius 2 is 1.72 bits per heavy atom. The van der Waals surface area contributed by atoms with Crippen LogP contribution in [0.1, 0.15) is 29.0 Å². The summed E-state index contributed by atoms with van der Waals surface area (Å²) in [5, 5.41) is 6.91. The summed E-state index contributed by atoms with van der Waals surface area (Å²) >= 11 is 0. The molecule has 0 fully saturated rings. The number of methoxy groups -OCH3 is 2. The fraction of sp³-hybridized carbons (Fsp3) is 0.190. The number of carbonyl (C=O) groups excluding carboxylic acids is 1. The first-order valence-electron chi connectivity index (χ1n) is 8.82. The lowest BCUT2D eigenvalue weighted by molar-refractivity contribution is 0.0931. The van der Waals surface area contributed by atoms with E-state index in [1.54, 1.807) is 50.4 Å². The Hall–Kier alpha value is -3.68. The molecular formula is C21H20FN3O4. The molecule has 8 heteroatoms. The van der Waals surface area contributed by atoms with E-state index >= 15 is 0 Å². The minimum absolute atomic E-state index is 0.184. The van der Waals surface area contributed by atoms with Gasteiger partial charge in [0.2, 0.25) is 11.3 Å². The van der Waals surface area contributed by atoms with Gasteiger partial charge in [0.15, 0.2) is 5.69 Å². The second-order valence-electron chi connectivity index (χ2n) is 6.26. The summed E-state index contributed by atoms with van der Waals surface area (Å²) in [6.07, 6.45) is 0. The van der Waals surface area contributed by atoms with Gasteiger partial charge in [0.25, 0.3) is 5.91 Å². The molecule has 150 valence electrons. The average molecular weight is 397 g/mol. The van der Waals surface area contributed by atoms with Crippen molar-refractivity contribution in [2.75, 3.05) is 14.2 Å². The molecule has 0 radical (unpaired) electrons. The van der Waals surface area contributed by atoms with Crippen LogP contribution in [0.2, 0.25) is 0 Å². The highest BCUT2D eigenvalue weighted by molar-refractivity contribution is 5.92. The molecule has 0 spiro atoms. The van der Waals surface area contributed by atoms with Crippen molar-refractivity contribution < 1.29 is 18.7 Å². The third-order valence-electron chi connectivity index (χ3n) is 4.36. The van der Waals surface area contributed by atoms with Crippen LogP contribution < -0.4 is 20.2 Å². The molecule has 1 amide bonds. The molecule has 0 aliphatic rings. The van der Waals surface area contributed by atoms with Gasteiger partial charge >= 0.3 is 0 Å². The van der Waals surface area contributed by atoms with Gasteiger partial charge in [-0.25, -0.2) is 9.07 Å². The highest BCUT2D eigenvalue weighted by Crippen LogP contribution is 2.19. The van der Waals surface area contributed by atoms with Crippen molar-refractivity contribution in [3.05, 3.63) is 81.9 Å². The number of hydrogen-bond donors (Lipinski definition) is 1. The van der Waals surface area contributed by atoms with Gasteiger partial charge < -0.3 is 14.8 Å². The van der Waals surface area contributed by atoms with Gasteiger partial charge in [-0.05, 0) is 48.9 Å². The number of nitrogens with zero attached hydrogens (tertiary/aromatic N) is 2. The fourth-order valence-electron chi connectivity index (χ4n) is 2.75. The highest BCUT2D eigenvalue weighted by atomic mass is 19.1. The van der Waals surface area contributed by atoms with E-state index in [-0.39, 0.29) is 17.4 Å². The second kappa shape index (κ2) is 8.55. The van der Waals surface area contributed by atoms with Gasteiger partial charge in [-0.3, -0.25) is 9.59 Å². The van der Waals surface area contributed by atoms with Crippen LogP contribution in [0.4, 0.5) is 4.39 Å². The first kappa shape index (κ1) is 20.1. The lowest BCUT2D eigenvalue weighted by Gasteiger charge is -2.16. The monoisotopic (exact) mass is 397 g/mol. The van der Waals surface area contributed by atoms with Crippen molar-refractivity contribution in [3.63, 3.8) is 0 Å². The lowest BCUT2D eigenvalue weighted by atomic mass is 10.1. The van der Waals surface area contributed by atoms with Gasteiger partial charge in [0.05, 0.1) is 32.0 Å². The standard InChI is InChI=1S/C21H20FN3O4/c1-13(14-4-6-15(22)7-5-14)23-21(27)20-18(26)12-19(29-3)25(24-20)16-8-10-17(28-2)11-9-16/h4-13H,1-3H3,(H,23,27)/t13-/m0/s1. The van der Waals surface area contributed by atoms with E-state index in [1.807, 2.05) is 0 Å². The SMILES string of the molecule is COc1ccc(-n2nc(C(=O)N[C@@H](C)c3ccc(F)cc3)c(=O)cc2OC)cc1. The molecule has 1 aromatic heterocycles. The van der Waals surface area contributed by atoms with Crippen molar-refractivity contribution in [1.29, 1.82) is 0 Å². The highest BCUT2D eigenvalue weighted by Gasteiger charge is 2.19. The maximum absolute atomic E-state index is 13.1. The van der Waals surface area contributed by atoms with Crippen LogP contribution in [0.25, 0.3) is 5.69 Å². The van der Waals surface area contributed by atoms with Crippen molar-refractivity contribution in [2.45, 2.75) is 13.0 Å². The van der Waals surface area contributed by atoms with Crippen molar-refractivity contribution in [2.24, 2.45) is 0 Å². The molecule has 3 aromatic rings. The maximum Gasteiger partial charge on any atom is 0.276 e. The summed E-state index contributed by atoms with van der Waals surface area (Å²) < 4.78 is 24.8. The lowest BCUT2D eigenvalue weighted by Crippen LogP contribution is -2.33. The number of nitrogens with one attached hydrogen (secondary N) is 1. The molecule has 0 aliphatic carbocycles. The van der Waals surface area contributed by atoms with E-state index in [1.165, 1.54) is 30.0 Å². The van der Waals surface area contributed by atoms with E-state index in [9.17, 15) is 14.0 Å². The summed E-state index contributed by atoms with van der Waals surface area (Å²) in [7, 11) is 2.96. The maximum atomic E-state index is 13.1. The van der Waals surface area contributed by atoms with Crippen LogP contribution in [0.5, 0.6) is 11.6 Å². The molecular weight excluding hydrogens is 377 g/mol. The second-order valence-corrected chi connectivity index (χ2v) is 6.26. The fourth-order valence-corrected chi connectivity index (χ4v) is 2.75. The Labute approximate surface area is 166 Å². The topological polar surface area (TPSA) is 82.5 Å². The Bertz CT molecular complexity index is 1060. The molecule has 3 rings (SSSR count). The number of benzene rings is 2. The zero-order valence-corrected chi connectivity index (χ0v) is 16.2. The number of rotatable bonds is 6. The van der Waals surface area contributed by atoms with Crippen LogP contribution >= 0.6 is 0 Å². The number of ether oxygens (including phenoxy) is 2. The quantitative estimate of drug-likeness (QED) is 0.692. The molecule has 29 heavy (non-hydrogen) atoms. The van der Waals surface area contributed by atoms with Crippen LogP contribution in [0.3, 0.4) is 0 Å². The van der Waals surface area contributed by atoms with E-state index in [0.29, 0.717) is 17.0 Å². The first-order valence-corrected chi connectivity index (χ1v) is 8.82. The Morgan fingerprint density at radius 1 is 1.07 bits per heavy atom. The molecule has 7 nitrogen and oxygen atoms in total.